The van der Waals surface area contributed by atoms with Crippen LogP contribution in [0.1, 0.15) is 33.6 Å². The van der Waals surface area contributed by atoms with Gasteiger partial charge in [-0.1, -0.05) is 12.1 Å². The molecule has 2 aromatic rings. The van der Waals surface area contributed by atoms with Gasteiger partial charge in [0.05, 0.1) is 23.5 Å². The maximum absolute atomic E-state index is 12.3. The van der Waals surface area contributed by atoms with Crippen molar-refractivity contribution in [2.24, 2.45) is 0 Å². The minimum absolute atomic E-state index is 0.00686. The van der Waals surface area contributed by atoms with Gasteiger partial charge in [-0.15, -0.1) is 0 Å². The number of rotatable bonds is 9. The Morgan fingerprint density at radius 2 is 1.58 bits per heavy atom. The maximum atomic E-state index is 12.3. The molecule has 2 amide bonds. The third-order valence-corrected chi connectivity index (χ3v) is 4.03. The van der Waals surface area contributed by atoms with E-state index in [1.54, 1.807) is 63.2 Å². The summed E-state index contributed by atoms with van der Waals surface area (Å²) in [4.78, 5) is 36.1. The van der Waals surface area contributed by atoms with Gasteiger partial charge in [0.25, 0.3) is 0 Å². The zero-order valence-corrected chi connectivity index (χ0v) is 19.0. The second-order valence-corrected chi connectivity index (χ2v) is 8.09. The number of nitrogens with two attached hydrogens (primary N) is 2. The molecule has 0 heterocycles. The summed E-state index contributed by atoms with van der Waals surface area (Å²) >= 11 is 0. The number of carbonyl (C=O) groups is 3. The molecule has 2 aromatic carbocycles. The topological polar surface area (TPSA) is 155 Å². The third kappa shape index (κ3) is 9.38. The number of benzene rings is 2. The Morgan fingerprint density at radius 1 is 0.909 bits per heavy atom. The molecule has 0 saturated carbocycles. The van der Waals surface area contributed by atoms with E-state index >= 15 is 0 Å². The van der Waals surface area contributed by atoms with Gasteiger partial charge in [-0.3, -0.25) is 14.9 Å². The minimum atomic E-state index is -0.657. The fourth-order valence-electron chi connectivity index (χ4n) is 2.62. The van der Waals surface area contributed by atoms with E-state index in [1.807, 2.05) is 0 Å². The molecule has 2 rings (SSSR count). The van der Waals surface area contributed by atoms with E-state index in [4.69, 9.17) is 25.7 Å². The Bertz CT molecular complexity index is 987. The first-order valence-corrected chi connectivity index (χ1v) is 10.4. The lowest BCUT2D eigenvalue weighted by atomic mass is 10.2. The number of hydrogen-bond donors (Lipinski definition) is 4. The van der Waals surface area contributed by atoms with Crippen LogP contribution in [0, 0.1) is 0 Å². The van der Waals surface area contributed by atoms with E-state index in [0.29, 0.717) is 28.5 Å². The highest BCUT2D eigenvalue weighted by molar-refractivity contribution is 5.98. The zero-order valence-electron chi connectivity index (χ0n) is 19.0. The molecule has 0 aliphatic heterocycles. The summed E-state index contributed by atoms with van der Waals surface area (Å²) in [5.41, 5.74) is 12.4. The van der Waals surface area contributed by atoms with E-state index in [9.17, 15) is 14.4 Å². The molecule has 33 heavy (non-hydrogen) atoms. The molecule has 0 unspecified atom stereocenters. The number of para-hydroxylation sites is 2. The normalized spacial score (nSPS) is 10.8. The van der Waals surface area contributed by atoms with Crippen LogP contribution in [-0.4, -0.2) is 36.8 Å². The largest absolute Gasteiger partial charge is 0.488 e. The second-order valence-electron chi connectivity index (χ2n) is 8.09. The van der Waals surface area contributed by atoms with Gasteiger partial charge in [0.1, 0.15) is 24.6 Å². The monoisotopic (exact) mass is 458 g/mol. The molecule has 10 heteroatoms. The summed E-state index contributed by atoms with van der Waals surface area (Å²) in [7, 11) is 0. The van der Waals surface area contributed by atoms with Crippen LogP contribution < -0.4 is 26.8 Å². The molecular weight excluding hydrogens is 428 g/mol. The van der Waals surface area contributed by atoms with Gasteiger partial charge in [-0.25, -0.2) is 4.79 Å². The molecule has 0 atom stereocenters. The van der Waals surface area contributed by atoms with Crippen molar-refractivity contribution >= 4 is 40.7 Å². The van der Waals surface area contributed by atoms with Crippen molar-refractivity contribution in [1.29, 1.82) is 0 Å². The Kier molecular flexibility index (Phi) is 8.90. The molecular formula is C23H30N4O6. The highest BCUT2D eigenvalue weighted by atomic mass is 16.6. The minimum Gasteiger partial charge on any atom is -0.488 e. The number of anilines is 4. The molecule has 6 N–H and O–H groups in total. The van der Waals surface area contributed by atoms with Gasteiger partial charge in [0.2, 0.25) is 5.91 Å². The molecule has 0 saturated heterocycles. The Hall–Kier alpha value is -3.95. The predicted octanol–water partition coefficient (Wildman–Crippen LogP) is 3.54. The summed E-state index contributed by atoms with van der Waals surface area (Å²) in [5, 5.41) is 5.26. The van der Waals surface area contributed by atoms with Crippen LogP contribution in [0.4, 0.5) is 27.5 Å². The standard InChI is InChI=1S/C23H30N4O6/c1-23(2,3)33-22(30)27-18-7-5-4-6-17(18)26-20(28)10-11-21(29)32-13-12-31-19-9-8-15(24)14-16(19)25/h4-9,14H,10-13,24-25H2,1-3H3,(H,26,28)(H,27,30). The average molecular weight is 459 g/mol. The van der Waals surface area contributed by atoms with E-state index in [2.05, 4.69) is 10.6 Å². The first-order valence-electron chi connectivity index (χ1n) is 10.4. The van der Waals surface area contributed by atoms with E-state index in [0.717, 1.165) is 0 Å². The quantitative estimate of drug-likeness (QED) is 0.253. The van der Waals surface area contributed by atoms with Crippen LogP contribution >= 0.6 is 0 Å². The van der Waals surface area contributed by atoms with Crippen molar-refractivity contribution in [2.75, 3.05) is 35.3 Å². The van der Waals surface area contributed by atoms with Crippen molar-refractivity contribution in [3.8, 4) is 5.75 Å². The van der Waals surface area contributed by atoms with E-state index < -0.39 is 23.6 Å². The fraction of sp³-hybridized carbons (Fsp3) is 0.348. The molecule has 10 nitrogen and oxygen atoms in total. The van der Waals surface area contributed by atoms with Crippen LogP contribution in [-0.2, 0) is 19.1 Å². The number of ether oxygens (including phenoxy) is 3. The average Bonchev–Trinajstić information content (AvgIpc) is 2.71. The van der Waals surface area contributed by atoms with Crippen molar-refractivity contribution < 1.29 is 28.6 Å². The number of esters is 1. The van der Waals surface area contributed by atoms with Gasteiger partial charge >= 0.3 is 12.1 Å². The number of amides is 2. The van der Waals surface area contributed by atoms with Crippen molar-refractivity contribution in [2.45, 2.75) is 39.2 Å². The lowest BCUT2D eigenvalue weighted by Crippen LogP contribution is -2.27. The van der Waals surface area contributed by atoms with Crippen LogP contribution in [0.2, 0.25) is 0 Å². The highest BCUT2D eigenvalue weighted by Crippen LogP contribution is 2.24. The smallest absolute Gasteiger partial charge is 0.412 e. The Labute approximate surface area is 192 Å². The van der Waals surface area contributed by atoms with Crippen LogP contribution in [0.5, 0.6) is 5.75 Å². The number of carbonyl (C=O) groups excluding carboxylic acids is 3. The zero-order chi connectivity index (χ0) is 24.4. The molecule has 0 radical (unpaired) electrons. The summed E-state index contributed by atoms with van der Waals surface area (Å²) in [6, 6.07) is 11.5. The molecule has 0 spiro atoms. The molecule has 0 aliphatic rings. The molecule has 0 bridgehead atoms. The fourth-order valence-corrected chi connectivity index (χ4v) is 2.62. The maximum Gasteiger partial charge on any atom is 0.412 e. The van der Waals surface area contributed by atoms with Crippen LogP contribution in [0.15, 0.2) is 42.5 Å². The van der Waals surface area contributed by atoms with Gasteiger partial charge < -0.3 is 31.0 Å². The molecule has 178 valence electrons. The first-order chi connectivity index (χ1) is 15.5. The summed E-state index contributed by atoms with van der Waals surface area (Å²) < 4.78 is 15.7. The molecule has 0 aromatic heterocycles. The Morgan fingerprint density at radius 3 is 2.21 bits per heavy atom. The lowest BCUT2D eigenvalue weighted by Gasteiger charge is -2.20. The number of nitrogens with one attached hydrogen (secondary N) is 2. The van der Waals surface area contributed by atoms with E-state index in [-0.39, 0.29) is 26.1 Å². The summed E-state index contributed by atoms with van der Waals surface area (Å²) in [5.74, 6) is -0.506. The third-order valence-electron chi connectivity index (χ3n) is 4.03. The second kappa shape index (κ2) is 11.6. The number of nitrogen functional groups attached to an aromatic ring is 2. The van der Waals surface area contributed by atoms with Gasteiger partial charge in [-0.05, 0) is 51.1 Å². The highest BCUT2D eigenvalue weighted by Gasteiger charge is 2.18. The summed E-state index contributed by atoms with van der Waals surface area (Å²) in [6.07, 6.45) is -0.848. The van der Waals surface area contributed by atoms with Crippen LogP contribution in [0.25, 0.3) is 0 Å². The van der Waals surface area contributed by atoms with Crippen LogP contribution in [0.3, 0.4) is 0 Å². The van der Waals surface area contributed by atoms with Gasteiger partial charge in [0, 0.05) is 12.1 Å². The lowest BCUT2D eigenvalue weighted by molar-refractivity contribution is -0.145. The van der Waals surface area contributed by atoms with Crippen molar-refractivity contribution in [1.82, 2.24) is 0 Å². The van der Waals surface area contributed by atoms with Crippen molar-refractivity contribution in [3.63, 3.8) is 0 Å². The summed E-state index contributed by atoms with van der Waals surface area (Å²) in [6.45, 7) is 5.36. The predicted molar refractivity (Wildman–Crippen MR) is 126 cm³/mol. The first kappa shape index (κ1) is 25.3. The number of hydrogen-bond acceptors (Lipinski definition) is 8. The van der Waals surface area contributed by atoms with Gasteiger partial charge in [-0.2, -0.15) is 0 Å². The molecule has 0 aliphatic carbocycles. The van der Waals surface area contributed by atoms with Crippen molar-refractivity contribution in [3.05, 3.63) is 42.5 Å². The van der Waals surface area contributed by atoms with E-state index in [1.165, 1.54) is 0 Å². The van der Waals surface area contributed by atoms with Gasteiger partial charge in [0.15, 0.2) is 0 Å². The molecule has 0 fully saturated rings. The Balaban J connectivity index is 1.74. The SMILES string of the molecule is CC(C)(C)OC(=O)Nc1ccccc1NC(=O)CCC(=O)OCCOc1ccc(N)cc1N.